The molecular weight excluding hydrogens is 488 g/mol. The molecule has 3 saturated carbocycles. The molecule has 212 valence electrons. The molecule has 0 saturated heterocycles. The van der Waals surface area contributed by atoms with Gasteiger partial charge in [-0.25, -0.2) is 0 Å². The summed E-state index contributed by atoms with van der Waals surface area (Å²) in [5.41, 5.74) is 5.31. The number of benzene rings is 1. The second-order valence-electron chi connectivity index (χ2n) is 13.5. The van der Waals surface area contributed by atoms with Crippen molar-refractivity contribution in [3.05, 3.63) is 46.8 Å². The van der Waals surface area contributed by atoms with Gasteiger partial charge in [-0.2, -0.15) is 0 Å². The van der Waals surface area contributed by atoms with E-state index in [4.69, 9.17) is 0 Å². The smallest absolute Gasteiger partial charge is 0.306 e. The van der Waals surface area contributed by atoms with Gasteiger partial charge in [0.1, 0.15) is 5.69 Å². The summed E-state index contributed by atoms with van der Waals surface area (Å²) in [5, 5.41) is 23.3. The Morgan fingerprint density at radius 1 is 1.03 bits per heavy atom. The molecule has 2 aromatic rings. The van der Waals surface area contributed by atoms with Crippen LogP contribution in [0.4, 0.5) is 0 Å². The van der Waals surface area contributed by atoms with E-state index in [0.29, 0.717) is 24.5 Å². The molecule has 0 aliphatic heterocycles. The van der Waals surface area contributed by atoms with Gasteiger partial charge in [0, 0.05) is 24.3 Å². The Morgan fingerprint density at radius 3 is 2.26 bits per heavy atom. The first-order valence-corrected chi connectivity index (χ1v) is 15.1. The Balaban J connectivity index is 1.52. The number of hydrogen-bond acceptors (Lipinski definition) is 3. The zero-order valence-corrected chi connectivity index (χ0v) is 24.2. The predicted molar refractivity (Wildman–Crippen MR) is 154 cm³/mol. The molecule has 0 atom stereocenters. The van der Waals surface area contributed by atoms with Gasteiger partial charge in [0.2, 0.25) is 0 Å². The van der Waals surface area contributed by atoms with Gasteiger partial charge in [-0.05, 0) is 86.1 Å². The lowest BCUT2D eigenvalue weighted by molar-refractivity contribution is -0.145. The van der Waals surface area contributed by atoms with Crippen LogP contribution >= 0.6 is 0 Å². The number of nitrogens with one attached hydrogen (secondary N) is 1. The van der Waals surface area contributed by atoms with Crippen molar-refractivity contribution in [2.45, 2.75) is 115 Å². The minimum Gasteiger partial charge on any atom is -0.481 e. The summed E-state index contributed by atoms with van der Waals surface area (Å²) in [6.07, 6.45) is 13.1. The first kappa shape index (κ1) is 27.9. The Kier molecular flexibility index (Phi) is 7.71. The summed E-state index contributed by atoms with van der Waals surface area (Å²) in [6, 6.07) is 8.49. The Morgan fingerprint density at radius 2 is 1.67 bits per heavy atom. The quantitative estimate of drug-likeness (QED) is 0.362. The zero-order valence-electron chi connectivity index (χ0n) is 24.2. The van der Waals surface area contributed by atoms with Crippen LogP contribution in [0.2, 0.25) is 0 Å². The monoisotopic (exact) mass is 534 g/mol. The number of hydrogen-bond donors (Lipinski definition) is 3. The van der Waals surface area contributed by atoms with Crippen LogP contribution in [0.3, 0.4) is 0 Å². The summed E-state index contributed by atoms with van der Waals surface area (Å²) in [6.45, 7) is 5.98. The second kappa shape index (κ2) is 10.8. The average Bonchev–Trinajstić information content (AvgIpc) is 3.50. The molecule has 3 aliphatic rings. The third-order valence-corrected chi connectivity index (χ3v) is 9.77. The molecule has 0 unspecified atom stereocenters. The van der Waals surface area contributed by atoms with Crippen molar-refractivity contribution in [1.29, 1.82) is 0 Å². The molecule has 0 bridgehead atoms. The number of rotatable bonds is 8. The third kappa shape index (κ3) is 6.11. The van der Waals surface area contributed by atoms with E-state index in [0.717, 1.165) is 36.0 Å². The molecule has 3 aliphatic carbocycles. The van der Waals surface area contributed by atoms with Gasteiger partial charge in [-0.15, -0.1) is 0 Å². The van der Waals surface area contributed by atoms with Crippen LogP contribution in [0.5, 0.6) is 0 Å². The van der Waals surface area contributed by atoms with Crippen LogP contribution in [-0.4, -0.2) is 32.7 Å². The summed E-state index contributed by atoms with van der Waals surface area (Å²) >= 11 is 0. The van der Waals surface area contributed by atoms with Gasteiger partial charge >= 0.3 is 5.97 Å². The molecule has 0 radical (unpaired) electrons. The van der Waals surface area contributed by atoms with Gasteiger partial charge in [0.15, 0.2) is 0 Å². The number of carboxylic acids is 1. The molecule has 6 nitrogen and oxygen atoms in total. The number of amides is 1. The van der Waals surface area contributed by atoms with Crippen molar-refractivity contribution in [3.8, 4) is 11.1 Å². The highest BCUT2D eigenvalue weighted by Crippen LogP contribution is 2.49. The van der Waals surface area contributed by atoms with Gasteiger partial charge in [0.05, 0.1) is 11.5 Å². The zero-order chi connectivity index (χ0) is 27.9. The number of aliphatic hydroxyl groups is 1. The van der Waals surface area contributed by atoms with Crippen molar-refractivity contribution in [2.24, 2.45) is 18.9 Å². The van der Waals surface area contributed by atoms with Crippen molar-refractivity contribution < 1.29 is 19.8 Å². The van der Waals surface area contributed by atoms with Crippen molar-refractivity contribution in [2.75, 3.05) is 0 Å². The topological polar surface area (TPSA) is 91.6 Å². The van der Waals surface area contributed by atoms with Crippen molar-refractivity contribution in [3.63, 3.8) is 0 Å². The van der Waals surface area contributed by atoms with Crippen molar-refractivity contribution in [1.82, 2.24) is 9.88 Å². The van der Waals surface area contributed by atoms with E-state index < -0.39 is 11.6 Å². The lowest BCUT2D eigenvalue weighted by atomic mass is 9.80. The molecule has 1 aromatic carbocycles. The lowest BCUT2D eigenvalue weighted by Gasteiger charge is -2.32. The first-order chi connectivity index (χ1) is 18.4. The van der Waals surface area contributed by atoms with Crippen LogP contribution in [0.1, 0.15) is 119 Å². The molecule has 1 amide bonds. The summed E-state index contributed by atoms with van der Waals surface area (Å²) in [5.74, 6) is -0.685. The number of carboxylic acid groups (broad SMARTS) is 1. The normalized spacial score (nSPS) is 23.4. The minimum atomic E-state index is -0.963. The predicted octanol–water partition coefficient (Wildman–Crippen LogP) is 6.47. The van der Waals surface area contributed by atoms with Gasteiger partial charge < -0.3 is 20.1 Å². The second-order valence-corrected chi connectivity index (χ2v) is 13.5. The first-order valence-electron chi connectivity index (χ1n) is 15.1. The fourth-order valence-electron chi connectivity index (χ4n) is 6.53. The van der Waals surface area contributed by atoms with E-state index in [1.54, 1.807) is 0 Å². The highest BCUT2D eigenvalue weighted by atomic mass is 16.4. The molecule has 6 heteroatoms. The largest absolute Gasteiger partial charge is 0.481 e. The van der Waals surface area contributed by atoms with E-state index >= 15 is 0 Å². The van der Waals surface area contributed by atoms with Crippen molar-refractivity contribution >= 4 is 11.9 Å². The minimum absolute atomic E-state index is 0.0917. The lowest BCUT2D eigenvalue weighted by Crippen LogP contribution is -2.47. The fourth-order valence-corrected chi connectivity index (χ4v) is 6.53. The molecule has 1 heterocycles. The number of aliphatic carboxylic acids is 1. The summed E-state index contributed by atoms with van der Waals surface area (Å²) < 4.78 is 2.08. The highest BCUT2D eigenvalue weighted by Gasteiger charge is 2.40. The average molecular weight is 535 g/mol. The number of carbonyl (C=O) groups is 2. The maximum atomic E-state index is 13.5. The van der Waals surface area contributed by atoms with Crippen LogP contribution in [0, 0.1) is 11.8 Å². The Hall–Kier alpha value is -2.60. The molecule has 1 aromatic heterocycles. The molecule has 3 N–H and O–H groups in total. The number of carbonyl (C=O) groups excluding carboxylic acids is 1. The van der Waals surface area contributed by atoms with Gasteiger partial charge in [0.25, 0.3) is 5.91 Å². The fraction of sp³-hybridized carbons (Fsp3) is 0.636. The number of nitrogens with zero attached hydrogens (tertiary/aromatic N) is 1. The van der Waals surface area contributed by atoms with Crippen LogP contribution in [0.25, 0.3) is 11.1 Å². The molecule has 5 rings (SSSR count). The maximum absolute atomic E-state index is 13.5. The van der Waals surface area contributed by atoms with E-state index in [1.807, 2.05) is 27.0 Å². The summed E-state index contributed by atoms with van der Waals surface area (Å²) in [7, 11) is 2.00. The van der Waals surface area contributed by atoms with Gasteiger partial charge in [-0.1, -0.05) is 64.0 Å². The Bertz CT molecular complexity index is 1200. The SMILES string of the molecule is Cn1c(C(=O)NC2CC(C(=O)O)C2)cc(-c2cc(C(C)(C)O)cc(C3(C)CC3)c2)c1CC1CCCCCCC1. The van der Waals surface area contributed by atoms with E-state index in [-0.39, 0.29) is 23.3 Å². The highest BCUT2D eigenvalue weighted by molar-refractivity contribution is 5.95. The Labute approximate surface area is 233 Å². The molecule has 3 fully saturated rings. The molecule has 39 heavy (non-hydrogen) atoms. The summed E-state index contributed by atoms with van der Waals surface area (Å²) in [4.78, 5) is 24.7. The molecular formula is C33H46N2O4. The third-order valence-electron chi connectivity index (χ3n) is 9.77. The van der Waals surface area contributed by atoms with E-state index in [2.05, 4.69) is 35.0 Å². The maximum Gasteiger partial charge on any atom is 0.306 e. The standard InChI is InChI=1S/C33H46N2O4/c1-32(2,39)24-15-22(16-25(19-24)33(3)12-13-33)27-20-29(30(36)34-26-17-23(18-26)31(37)38)35(4)28(27)14-21-10-8-6-5-7-9-11-21/h15-16,19-21,23,26,39H,5-14,17-18H2,1-4H3,(H,34,36)(H,37,38). The molecule has 0 spiro atoms. The van der Waals surface area contributed by atoms with Crippen LogP contribution in [-0.2, 0) is 29.3 Å². The van der Waals surface area contributed by atoms with Gasteiger partial charge in [-0.3, -0.25) is 9.59 Å². The van der Waals surface area contributed by atoms with E-state index in [9.17, 15) is 19.8 Å². The van der Waals surface area contributed by atoms with E-state index in [1.165, 1.54) is 56.2 Å². The van der Waals surface area contributed by atoms with Crippen LogP contribution in [0.15, 0.2) is 24.3 Å². The van der Waals surface area contributed by atoms with Crippen LogP contribution < -0.4 is 5.32 Å². The number of aromatic nitrogens is 1.